The van der Waals surface area contributed by atoms with Crippen LogP contribution >= 0.6 is 0 Å². The predicted molar refractivity (Wildman–Crippen MR) is 55.9 cm³/mol. The van der Waals surface area contributed by atoms with Crippen molar-refractivity contribution in [1.82, 2.24) is 15.0 Å². The van der Waals surface area contributed by atoms with Gasteiger partial charge in [-0.3, -0.25) is 4.79 Å². The van der Waals surface area contributed by atoms with Crippen molar-refractivity contribution in [3.63, 3.8) is 0 Å². The van der Waals surface area contributed by atoms with Gasteiger partial charge in [0, 0.05) is 6.42 Å². The number of carbonyl (C=O) groups excluding carboxylic acids is 1. The van der Waals surface area contributed by atoms with Gasteiger partial charge in [0.15, 0.2) is 5.78 Å². The second-order valence-corrected chi connectivity index (χ2v) is 3.23. The Morgan fingerprint density at radius 2 is 2.06 bits per heavy atom. The molecular weight excluding hydrogens is 209 g/mol. The minimum atomic E-state index is -0.540. The highest BCUT2D eigenvalue weighted by Gasteiger charge is 2.16. The summed E-state index contributed by atoms with van der Waals surface area (Å²) in [7, 11) is 0. The first-order valence-electron chi connectivity index (χ1n) is 4.92. The van der Waals surface area contributed by atoms with E-state index in [1.54, 1.807) is 13.0 Å². The van der Waals surface area contributed by atoms with Crippen LogP contribution < -0.4 is 0 Å². The first-order chi connectivity index (χ1) is 7.74. The Kier molecular flexibility index (Phi) is 2.76. The molecule has 0 fully saturated rings. The van der Waals surface area contributed by atoms with Gasteiger partial charge in [-0.2, -0.15) is 15.0 Å². The maximum atomic E-state index is 13.6. The fourth-order valence-electron chi connectivity index (χ4n) is 1.47. The molecule has 0 unspecified atom stereocenters. The molecule has 0 radical (unpaired) electrons. The molecule has 1 aromatic heterocycles. The molecule has 0 bridgehead atoms. The molecule has 2 rings (SSSR count). The lowest BCUT2D eigenvalue weighted by atomic mass is 10.1. The number of benzene rings is 1. The van der Waals surface area contributed by atoms with Crippen LogP contribution in [-0.2, 0) is 0 Å². The number of carbonyl (C=O) groups is 1. The highest BCUT2D eigenvalue weighted by Crippen LogP contribution is 2.18. The molecule has 1 aromatic carbocycles. The van der Waals surface area contributed by atoms with Gasteiger partial charge in [-0.1, -0.05) is 13.0 Å². The van der Waals surface area contributed by atoms with Crippen LogP contribution in [0.5, 0.6) is 0 Å². The van der Waals surface area contributed by atoms with E-state index in [9.17, 15) is 9.18 Å². The highest BCUT2D eigenvalue weighted by atomic mass is 19.1. The molecule has 0 saturated carbocycles. The normalized spacial score (nSPS) is 10.4. The van der Waals surface area contributed by atoms with E-state index >= 15 is 0 Å². The van der Waals surface area contributed by atoms with Crippen LogP contribution in [0.15, 0.2) is 30.6 Å². The zero-order valence-electron chi connectivity index (χ0n) is 8.72. The number of hydrogen-bond acceptors (Lipinski definition) is 3. The molecule has 0 aliphatic carbocycles. The Hall–Kier alpha value is -2.04. The lowest BCUT2D eigenvalue weighted by Gasteiger charge is -2.07. The van der Waals surface area contributed by atoms with Gasteiger partial charge in [0.1, 0.15) is 5.82 Å². The molecule has 2 aromatic rings. The van der Waals surface area contributed by atoms with E-state index in [1.807, 2.05) is 0 Å². The molecule has 0 aliphatic heterocycles. The van der Waals surface area contributed by atoms with Crippen molar-refractivity contribution in [3.8, 4) is 5.69 Å². The fourth-order valence-corrected chi connectivity index (χ4v) is 1.47. The average molecular weight is 219 g/mol. The third-order valence-electron chi connectivity index (χ3n) is 2.23. The van der Waals surface area contributed by atoms with Gasteiger partial charge in [-0.05, 0) is 12.1 Å². The molecule has 16 heavy (non-hydrogen) atoms. The van der Waals surface area contributed by atoms with Crippen LogP contribution in [0.2, 0.25) is 0 Å². The van der Waals surface area contributed by atoms with E-state index in [4.69, 9.17) is 0 Å². The summed E-state index contributed by atoms with van der Waals surface area (Å²) in [6, 6.07) is 4.41. The molecule has 0 saturated heterocycles. The Morgan fingerprint density at radius 1 is 1.38 bits per heavy atom. The molecule has 5 heteroatoms. The van der Waals surface area contributed by atoms with Gasteiger partial charge in [0.25, 0.3) is 0 Å². The van der Waals surface area contributed by atoms with E-state index in [0.29, 0.717) is 5.69 Å². The Balaban J connectivity index is 2.62. The lowest BCUT2D eigenvalue weighted by molar-refractivity contribution is 0.0984. The zero-order valence-corrected chi connectivity index (χ0v) is 8.72. The summed E-state index contributed by atoms with van der Waals surface area (Å²) < 4.78 is 13.6. The molecule has 0 N–H and O–H groups in total. The number of hydrogen-bond donors (Lipinski definition) is 0. The maximum Gasteiger partial charge on any atom is 0.167 e. The zero-order chi connectivity index (χ0) is 11.5. The topological polar surface area (TPSA) is 47.8 Å². The standard InChI is InChI=1S/C11H10FN3O/c1-2-10(16)11-8(12)4-3-5-9(11)15-13-6-7-14-15/h3-7H,2H2,1H3. The van der Waals surface area contributed by atoms with Gasteiger partial charge >= 0.3 is 0 Å². The molecule has 1 heterocycles. The van der Waals surface area contributed by atoms with Crippen molar-refractivity contribution in [2.24, 2.45) is 0 Å². The largest absolute Gasteiger partial charge is 0.294 e. The van der Waals surface area contributed by atoms with Crippen LogP contribution in [0.25, 0.3) is 5.69 Å². The lowest BCUT2D eigenvalue weighted by Crippen LogP contribution is -2.10. The maximum absolute atomic E-state index is 13.6. The second-order valence-electron chi connectivity index (χ2n) is 3.23. The summed E-state index contributed by atoms with van der Waals surface area (Å²) in [5.41, 5.74) is 0.415. The summed E-state index contributed by atoms with van der Waals surface area (Å²) in [6.07, 6.45) is 3.20. The number of ketones is 1. The van der Waals surface area contributed by atoms with Crippen molar-refractivity contribution in [3.05, 3.63) is 42.0 Å². The molecule has 82 valence electrons. The van der Waals surface area contributed by atoms with E-state index in [2.05, 4.69) is 10.2 Å². The third kappa shape index (κ3) is 1.71. The number of nitrogens with zero attached hydrogens (tertiary/aromatic N) is 3. The highest BCUT2D eigenvalue weighted by molar-refractivity contribution is 5.99. The van der Waals surface area contributed by atoms with Gasteiger partial charge in [-0.25, -0.2) is 4.39 Å². The third-order valence-corrected chi connectivity index (χ3v) is 2.23. The summed E-state index contributed by atoms with van der Waals surface area (Å²) in [5.74, 6) is -0.799. The van der Waals surface area contributed by atoms with Crippen molar-refractivity contribution in [2.45, 2.75) is 13.3 Å². The summed E-state index contributed by atoms with van der Waals surface area (Å²) in [6.45, 7) is 1.69. The Labute approximate surface area is 91.7 Å². The molecule has 0 atom stereocenters. The summed E-state index contributed by atoms with van der Waals surface area (Å²) in [4.78, 5) is 12.9. The first kappa shape index (κ1) is 10.5. The van der Waals surface area contributed by atoms with Gasteiger partial charge in [0.05, 0.1) is 23.6 Å². The van der Waals surface area contributed by atoms with Crippen molar-refractivity contribution in [1.29, 1.82) is 0 Å². The molecule has 0 amide bonds. The van der Waals surface area contributed by atoms with E-state index in [0.717, 1.165) is 0 Å². The summed E-state index contributed by atoms with van der Waals surface area (Å²) >= 11 is 0. The Morgan fingerprint density at radius 3 is 2.69 bits per heavy atom. The quantitative estimate of drug-likeness (QED) is 0.742. The monoisotopic (exact) mass is 219 g/mol. The fraction of sp³-hybridized carbons (Fsp3) is 0.182. The number of aromatic nitrogens is 3. The van der Waals surface area contributed by atoms with Crippen molar-refractivity contribution >= 4 is 5.78 Å². The summed E-state index contributed by atoms with van der Waals surface area (Å²) in [5, 5.41) is 7.78. The van der Waals surface area contributed by atoms with Gasteiger partial charge < -0.3 is 0 Å². The van der Waals surface area contributed by atoms with Gasteiger partial charge in [-0.15, -0.1) is 0 Å². The molecule has 0 spiro atoms. The van der Waals surface area contributed by atoms with Gasteiger partial charge in [0.2, 0.25) is 0 Å². The molecule has 4 nitrogen and oxygen atoms in total. The van der Waals surface area contributed by atoms with E-state index < -0.39 is 5.82 Å². The SMILES string of the molecule is CCC(=O)c1c(F)cccc1-n1nccn1. The minimum absolute atomic E-state index is 0.0428. The van der Waals surface area contributed by atoms with Crippen molar-refractivity contribution < 1.29 is 9.18 Å². The molecule has 0 aliphatic rings. The minimum Gasteiger partial charge on any atom is -0.294 e. The van der Waals surface area contributed by atoms with E-state index in [1.165, 1.54) is 29.3 Å². The number of Topliss-reactive ketones (excluding diaryl/α,β-unsaturated/α-hetero) is 1. The van der Waals surface area contributed by atoms with Crippen LogP contribution in [0.1, 0.15) is 23.7 Å². The second kappa shape index (κ2) is 4.22. The average Bonchev–Trinajstić information content (AvgIpc) is 2.81. The number of halogens is 1. The van der Waals surface area contributed by atoms with E-state index in [-0.39, 0.29) is 17.8 Å². The van der Waals surface area contributed by atoms with Crippen LogP contribution in [0.3, 0.4) is 0 Å². The van der Waals surface area contributed by atoms with Crippen LogP contribution in [-0.4, -0.2) is 20.8 Å². The van der Waals surface area contributed by atoms with Crippen molar-refractivity contribution in [2.75, 3.05) is 0 Å². The van der Waals surface area contributed by atoms with Crippen LogP contribution in [0, 0.1) is 5.82 Å². The Bertz CT molecular complexity index is 508. The molecular formula is C11H10FN3O. The number of rotatable bonds is 3. The smallest absolute Gasteiger partial charge is 0.167 e. The predicted octanol–water partition coefficient (Wildman–Crippen LogP) is 2.00. The van der Waals surface area contributed by atoms with Crippen LogP contribution in [0.4, 0.5) is 4.39 Å². The first-order valence-corrected chi connectivity index (χ1v) is 4.92.